The molecule has 1 saturated heterocycles. The molecule has 0 aliphatic carbocycles. The van der Waals surface area contributed by atoms with Gasteiger partial charge in [-0.1, -0.05) is 0 Å². The summed E-state index contributed by atoms with van der Waals surface area (Å²) in [6.45, 7) is 4.10. The summed E-state index contributed by atoms with van der Waals surface area (Å²) >= 11 is 0. The van der Waals surface area contributed by atoms with Gasteiger partial charge in [-0.3, -0.25) is 24.5 Å². The van der Waals surface area contributed by atoms with Crippen LogP contribution in [0.15, 0.2) is 12.4 Å². The summed E-state index contributed by atoms with van der Waals surface area (Å²) in [7, 11) is 0. The van der Waals surface area contributed by atoms with Crippen LogP contribution in [0.2, 0.25) is 0 Å². The third-order valence-electron chi connectivity index (χ3n) is 4.16. The van der Waals surface area contributed by atoms with Crippen LogP contribution in [0.4, 0.5) is 0 Å². The molecule has 0 aromatic carbocycles. The number of nitrogens with zero attached hydrogens (tertiary/aromatic N) is 4. The van der Waals surface area contributed by atoms with E-state index in [1.807, 2.05) is 0 Å². The Hall–Kier alpha value is -2.32. The molecule has 2 aromatic rings. The van der Waals surface area contributed by atoms with Gasteiger partial charge in [0.25, 0.3) is 11.8 Å². The zero-order chi connectivity index (χ0) is 15.1. The lowest BCUT2D eigenvalue weighted by Crippen LogP contribution is -2.42. The van der Waals surface area contributed by atoms with Crippen molar-refractivity contribution < 1.29 is 14.3 Å². The van der Waals surface area contributed by atoms with Crippen LogP contribution in [-0.2, 0) is 4.74 Å². The quantitative estimate of drug-likeness (QED) is 0.795. The normalized spacial score (nSPS) is 19.2. The maximum Gasteiger partial charge on any atom is 0.263 e. The molecule has 8 nitrogen and oxygen atoms in total. The topological polar surface area (TPSA) is 91.4 Å². The van der Waals surface area contributed by atoms with Crippen LogP contribution in [0.5, 0.6) is 0 Å². The molecule has 1 N–H and O–H groups in total. The summed E-state index contributed by atoms with van der Waals surface area (Å²) < 4.78 is 5.30. The molecule has 114 valence electrons. The van der Waals surface area contributed by atoms with Crippen molar-refractivity contribution in [2.24, 2.45) is 0 Å². The highest BCUT2D eigenvalue weighted by atomic mass is 16.5. The highest BCUT2D eigenvalue weighted by molar-refractivity contribution is 6.25. The van der Waals surface area contributed by atoms with E-state index in [0.29, 0.717) is 48.5 Å². The molecule has 0 unspecified atom stereocenters. The first-order chi connectivity index (χ1) is 10.8. The fourth-order valence-corrected chi connectivity index (χ4v) is 2.93. The van der Waals surface area contributed by atoms with Gasteiger partial charge >= 0.3 is 0 Å². The number of nitrogens with one attached hydrogen (secondary N) is 1. The Balaban J connectivity index is 1.57. The van der Waals surface area contributed by atoms with Crippen LogP contribution in [0.1, 0.15) is 20.7 Å². The number of carbonyl (C=O) groups excluding carboxylic acids is 2. The van der Waals surface area contributed by atoms with E-state index >= 15 is 0 Å². The summed E-state index contributed by atoms with van der Waals surface area (Å²) in [4.78, 5) is 32.7. The van der Waals surface area contributed by atoms with E-state index in [1.165, 1.54) is 17.3 Å². The van der Waals surface area contributed by atoms with E-state index in [9.17, 15) is 9.59 Å². The fourth-order valence-electron chi connectivity index (χ4n) is 2.93. The van der Waals surface area contributed by atoms with Gasteiger partial charge in [0, 0.05) is 32.4 Å². The number of aromatic amines is 1. The Bertz CT molecular complexity index is 750. The maximum atomic E-state index is 12.6. The Morgan fingerprint density at radius 1 is 1.14 bits per heavy atom. The Morgan fingerprint density at radius 2 is 1.95 bits per heavy atom. The Kier molecular flexibility index (Phi) is 3.12. The molecule has 2 aliphatic heterocycles. The van der Waals surface area contributed by atoms with Crippen LogP contribution >= 0.6 is 0 Å². The summed E-state index contributed by atoms with van der Waals surface area (Å²) in [5, 5.41) is 7.21. The van der Waals surface area contributed by atoms with Gasteiger partial charge in [-0.2, -0.15) is 5.10 Å². The molecule has 0 atom stereocenters. The van der Waals surface area contributed by atoms with Gasteiger partial charge < -0.3 is 4.74 Å². The first-order valence-corrected chi connectivity index (χ1v) is 7.24. The van der Waals surface area contributed by atoms with E-state index in [4.69, 9.17) is 4.74 Å². The third-order valence-corrected chi connectivity index (χ3v) is 4.16. The van der Waals surface area contributed by atoms with Crippen molar-refractivity contribution in [3.05, 3.63) is 23.5 Å². The number of hydrogen-bond donors (Lipinski definition) is 1. The standard InChI is InChI=1S/C14H15N5O3/c20-13-10-7-15-12-9(8-16-17-12)11(10)14(21)19(13)2-1-18-3-5-22-6-4-18/h7-8H,1-6H2,(H,15,16,17). The van der Waals surface area contributed by atoms with Crippen LogP contribution in [0, 0.1) is 0 Å². The smallest absolute Gasteiger partial charge is 0.263 e. The maximum absolute atomic E-state index is 12.6. The number of H-pyrrole nitrogens is 1. The Labute approximate surface area is 126 Å². The summed E-state index contributed by atoms with van der Waals surface area (Å²) in [6.07, 6.45) is 2.99. The van der Waals surface area contributed by atoms with E-state index in [1.54, 1.807) is 0 Å². The number of aromatic nitrogens is 3. The predicted octanol–water partition coefficient (Wildman–Crippen LogP) is -0.114. The molecule has 0 saturated carbocycles. The first-order valence-electron chi connectivity index (χ1n) is 7.24. The third kappa shape index (κ3) is 1.99. The monoisotopic (exact) mass is 301 g/mol. The number of morpholine rings is 1. The Morgan fingerprint density at radius 3 is 2.77 bits per heavy atom. The van der Waals surface area contributed by atoms with Crippen LogP contribution in [-0.4, -0.2) is 76.2 Å². The number of ether oxygens (including phenoxy) is 1. The van der Waals surface area contributed by atoms with E-state index in [0.717, 1.165) is 13.1 Å². The van der Waals surface area contributed by atoms with Crippen molar-refractivity contribution in [3.8, 4) is 0 Å². The van der Waals surface area contributed by atoms with Gasteiger partial charge in [0.05, 0.1) is 35.9 Å². The largest absolute Gasteiger partial charge is 0.379 e. The average Bonchev–Trinajstić information content (AvgIpc) is 3.11. The number of amides is 2. The number of hydrogen-bond acceptors (Lipinski definition) is 6. The predicted molar refractivity (Wildman–Crippen MR) is 76.5 cm³/mol. The van der Waals surface area contributed by atoms with E-state index in [2.05, 4.69) is 20.1 Å². The second kappa shape index (κ2) is 5.15. The number of imide groups is 1. The summed E-state index contributed by atoms with van der Waals surface area (Å²) in [5.74, 6) is -0.536. The molecule has 4 heterocycles. The summed E-state index contributed by atoms with van der Waals surface area (Å²) in [5.41, 5.74) is 1.29. The molecule has 2 amide bonds. The van der Waals surface area contributed by atoms with Crippen molar-refractivity contribution in [2.75, 3.05) is 39.4 Å². The van der Waals surface area contributed by atoms with Crippen LogP contribution in [0.3, 0.4) is 0 Å². The lowest BCUT2D eigenvalue weighted by molar-refractivity contribution is 0.0325. The van der Waals surface area contributed by atoms with Gasteiger partial charge in [0.1, 0.15) is 0 Å². The van der Waals surface area contributed by atoms with Crippen LogP contribution in [0.25, 0.3) is 11.0 Å². The molecule has 22 heavy (non-hydrogen) atoms. The molecule has 4 rings (SSSR count). The van der Waals surface area contributed by atoms with Crippen molar-refractivity contribution in [1.82, 2.24) is 25.0 Å². The molecule has 0 radical (unpaired) electrons. The van der Waals surface area contributed by atoms with Crippen LogP contribution < -0.4 is 0 Å². The number of carbonyl (C=O) groups is 2. The molecule has 2 aromatic heterocycles. The molecular weight excluding hydrogens is 286 g/mol. The minimum atomic E-state index is -0.274. The molecule has 0 bridgehead atoms. The zero-order valence-electron chi connectivity index (χ0n) is 11.9. The average molecular weight is 301 g/mol. The SMILES string of the molecule is O=C1c2cnc3[nH]ncc3c2C(=O)N1CCN1CCOCC1. The molecule has 0 spiro atoms. The van der Waals surface area contributed by atoms with E-state index < -0.39 is 0 Å². The fraction of sp³-hybridized carbons (Fsp3) is 0.429. The molecule has 8 heteroatoms. The number of fused-ring (bicyclic) bond motifs is 3. The van der Waals surface area contributed by atoms with Crippen molar-refractivity contribution in [1.29, 1.82) is 0 Å². The first kappa shape index (κ1) is 13.4. The summed E-state index contributed by atoms with van der Waals surface area (Å²) in [6, 6.07) is 0. The zero-order valence-corrected chi connectivity index (χ0v) is 11.9. The molecular formula is C14H15N5O3. The molecule has 2 aliphatic rings. The van der Waals surface area contributed by atoms with Gasteiger partial charge in [-0.15, -0.1) is 0 Å². The van der Waals surface area contributed by atoms with Crippen molar-refractivity contribution in [2.45, 2.75) is 0 Å². The second-order valence-corrected chi connectivity index (χ2v) is 5.40. The minimum absolute atomic E-state index is 0.262. The van der Waals surface area contributed by atoms with Crippen molar-refractivity contribution in [3.63, 3.8) is 0 Å². The van der Waals surface area contributed by atoms with Gasteiger partial charge in [-0.25, -0.2) is 4.98 Å². The minimum Gasteiger partial charge on any atom is -0.379 e. The van der Waals surface area contributed by atoms with Gasteiger partial charge in [0.2, 0.25) is 0 Å². The lowest BCUT2D eigenvalue weighted by atomic mass is 10.1. The van der Waals surface area contributed by atoms with Gasteiger partial charge in [-0.05, 0) is 0 Å². The highest BCUT2D eigenvalue weighted by Crippen LogP contribution is 2.27. The molecule has 1 fully saturated rings. The second-order valence-electron chi connectivity index (χ2n) is 5.40. The number of rotatable bonds is 3. The highest BCUT2D eigenvalue weighted by Gasteiger charge is 2.37. The van der Waals surface area contributed by atoms with Gasteiger partial charge in [0.15, 0.2) is 5.65 Å². The van der Waals surface area contributed by atoms with Crippen molar-refractivity contribution >= 4 is 22.8 Å². The lowest BCUT2D eigenvalue weighted by Gasteiger charge is -2.27. The van der Waals surface area contributed by atoms with E-state index in [-0.39, 0.29) is 11.8 Å². The number of pyridine rings is 1.